The zero-order valence-corrected chi connectivity index (χ0v) is 18.9. The first-order chi connectivity index (χ1) is 17.2. The Bertz CT molecular complexity index is 1680. The molecular weight excluding hydrogens is 438 g/mol. The number of anilines is 1. The molecule has 0 saturated carbocycles. The van der Waals surface area contributed by atoms with Crippen molar-refractivity contribution in [1.82, 2.24) is 30.1 Å². The number of hydrogen-bond donors (Lipinski definition) is 3. The largest absolute Gasteiger partial charge is 0.352 e. The van der Waals surface area contributed by atoms with E-state index in [1.165, 1.54) is 0 Å². The number of carbonyl (C=O) groups is 1. The van der Waals surface area contributed by atoms with Crippen LogP contribution < -0.4 is 5.32 Å². The Kier molecular flexibility index (Phi) is 5.03. The summed E-state index contributed by atoms with van der Waals surface area (Å²) in [5.41, 5.74) is 8.15. The first kappa shape index (κ1) is 20.7. The van der Waals surface area contributed by atoms with E-state index in [0.717, 1.165) is 55.4 Å². The predicted molar refractivity (Wildman–Crippen MR) is 137 cm³/mol. The molecule has 6 aromatic rings. The molecule has 0 bridgehead atoms. The number of rotatable bonds is 5. The molecule has 3 N–H and O–H groups in total. The predicted octanol–water partition coefficient (Wildman–Crippen LogP) is 5.58. The van der Waals surface area contributed by atoms with Crippen LogP contribution in [0.5, 0.6) is 0 Å². The van der Waals surface area contributed by atoms with Crippen LogP contribution in [0.3, 0.4) is 0 Å². The molecule has 1 aromatic carbocycles. The van der Waals surface area contributed by atoms with Gasteiger partial charge in [0.2, 0.25) is 5.91 Å². The Morgan fingerprint density at radius 1 is 0.857 bits per heavy atom. The monoisotopic (exact) mass is 459 g/mol. The molecule has 0 aliphatic rings. The number of carbonyl (C=O) groups excluding carboxylic acids is 1. The molecule has 0 radical (unpaired) electrons. The van der Waals surface area contributed by atoms with E-state index in [-0.39, 0.29) is 5.91 Å². The molecule has 5 aromatic heterocycles. The van der Waals surface area contributed by atoms with Gasteiger partial charge in [0.15, 0.2) is 0 Å². The van der Waals surface area contributed by atoms with Crippen LogP contribution in [-0.2, 0) is 4.79 Å². The van der Waals surface area contributed by atoms with Gasteiger partial charge in [-0.2, -0.15) is 5.10 Å². The fourth-order valence-corrected chi connectivity index (χ4v) is 4.25. The lowest BCUT2D eigenvalue weighted by atomic mass is 10.0. The summed E-state index contributed by atoms with van der Waals surface area (Å²) >= 11 is 0. The zero-order valence-electron chi connectivity index (χ0n) is 18.9. The normalized spacial score (nSPS) is 11.2. The maximum atomic E-state index is 11.8. The molecule has 1 amide bonds. The second kappa shape index (κ2) is 8.49. The molecular formula is C27H21N7O. The van der Waals surface area contributed by atoms with Gasteiger partial charge >= 0.3 is 0 Å². The van der Waals surface area contributed by atoms with Crippen LogP contribution in [0.25, 0.3) is 55.4 Å². The van der Waals surface area contributed by atoms with E-state index in [9.17, 15) is 4.79 Å². The number of aromatic nitrogens is 6. The van der Waals surface area contributed by atoms with Crippen molar-refractivity contribution in [2.75, 3.05) is 5.32 Å². The van der Waals surface area contributed by atoms with Gasteiger partial charge in [0.1, 0.15) is 5.69 Å². The van der Waals surface area contributed by atoms with E-state index < -0.39 is 0 Å². The van der Waals surface area contributed by atoms with Gasteiger partial charge in [0, 0.05) is 58.7 Å². The Balaban J connectivity index is 1.43. The summed E-state index contributed by atoms with van der Waals surface area (Å²) in [4.78, 5) is 28.2. The fraction of sp³-hybridized carbons (Fsp3) is 0.0741. The number of amides is 1. The summed E-state index contributed by atoms with van der Waals surface area (Å²) in [6.45, 7) is 1.82. The maximum Gasteiger partial charge on any atom is 0.224 e. The van der Waals surface area contributed by atoms with Gasteiger partial charge in [-0.15, -0.1) is 0 Å². The van der Waals surface area contributed by atoms with Gasteiger partial charge in [0.05, 0.1) is 34.8 Å². The number of nitrogens with zero attached hydrogens (tertiary/aromatic N) is 4. The maximum absolute atomic E-state index is 11.8. The topological polar surface area (TPSA) is 112 Å². The van der Waals surface area contributed by atoms with Gasteiger partial charge < -0.3 is 10.3 Å². The van der Waals surface area contributed by atoms with Gasteiger partial charge in [-0.1, -0.05) is 19.1 Å². The van der Waals surface area contributed by atoms with E-state index >= 15 is 0 Å². The van der Waals surface area contributed by atoms with Crippen LogP contribution >= 0.6 is 0 Å². The second-order valence-electron chi connectivity index (χ2n) is 8.27. The number of hydrogen-bond acceptors (Lipinski definition) is 5. The minimum Gasteiger partial charge on any atom is -0.352 e. The third-order valence-electron chi connectivity index (χ3n) is 6.01. The van der Waals surface area contributed by atoms with Gasteiger partial charge in [-0.05, 0) is 35.9 Å². The van der Waals surface area contributed by atoms with E-state index in [1.807, 2.05) is 55.8 Å². The molecule has 8 nitrogen and oxygen atoms in total. The lowest BCUT2D eigenvalue weighted by molar-refractivity contribution is -0.115. The van der Waals surface area contributed by atoms with Crippen LogP contribution in [0.1, 0.15) is 13.3 Å². The van der Waals surface area contributed by atoms with Crippen LogP contribution in [-0.4, -0.2) is 36.0 Å². The zero-order chi connectivity index (χ0) is 23.8. The van der Waals surface area contributed by atoms with Crippen molar-refractivity contribution in [1.29, 1.82) is 0 Å². The molecule has 5 heterocycles. The Labute approximate surface area is 200 Å². The molecule has 170 valence electrons. The van der Waals surface area contributed by atoms with Crippen LogP contribution in [0.4, 0.5) is 5.69 Å². The van der Waals surface area contributed by atoms with Crippen molar-refractivity contribution < 1.29 is 4.79 Å². The summed E-state index contributed by atoms with van der Waals surface area (Å²) in [6, 6.07) is 14.1. The minimum absolute atomic E-state index is 0.0459. The Morgan fingerprint density at radius 2 is 1.74 bits per heavy atom. The standard InChI is InChI=1S/C27H21N7O/c1-2-26(35)31-19-8-18(12-29-13-19)16-5-6-23-21(9-16)27(34-33-23)24-10-20-22(14-30-15-25(20)32-24)17-4-3-7-28-11-17/h3-15,32H,2H2,1H3,(H,31,35)(H,33,34). The molecule has 0 spiro atoms. The number of fused-ring (bicyclic) bond motifs is 2. The number of benzene rings is 1. The first-order valence-corrected chi connectivity index (χ1v) is 11.3. The lowest BCUT2D eigenvalue weighted by Gasteiger charge is -2.06. The smallest absolute Gasteiger partial charge is 0.224 e. The lowest BCUT2D eigenvalue weighted by Crippen LogP contribution is -2.09. The second-order valence-corrected chi connectivity index (χ2v) is 8.27. The average molecular weight is 460 g/mol. The molecule has 0 aliphatic heterocycles. The third-order valence-corrected chi connectivity index (χ3v) is 6.01. The van der Waals surface area contributed by atoms with Crippen molar-refractivity contribution in [2.45, 2.75) is 13.3 Å². The highest BCUT2D eigenvalue weighted by Gasteiger charge is 2.15. The van der Waals surface area contributed by atoms with E-state index in [0.29, 0.717) is 12.1 Å². The molecule has 8 heteroatoms. The number of pyridine rings is 3. The van der Waals surface area contributed by atoms with Crippen molar-refractivity contribution >= 4 is 33.4 Å². The SMILES string of the molecule is CCC(=O)Nc1cncc(-c2ccc3[nH]nc(-c4cc5c(-c6cccnc6)cncc5[nH]4)c3c2)c1. The molecule has 0 atom stereocenters. The number of H-pyrrole nitrogens is 2. The molecule has 0 saturated heterocycles. The summed E-state index contributed by atoms with van der Waals surface area (Å²) < 4.78 is 0. The van der Waals surface area contributed by atoms with Crippen LogP contribution in [0.15, 0.2) is 79.6 Å². The highest BCUT2D eigenvalue weighted by molar-refractivity contribution is 6.01. The van der Waals surface area contributed by atoms with Gasteiger partial charge in [0.25, 0.3) is 0 Å². The first-order valence-electron chi connectivity index (χ1n) is 11.3. The van der Waals surface area contributed by atoms with E-state index in [4.69, 9.17) is 0 Å². The van der Waals surface area contributed by atoms with Crippen molar-refractivity contribution in [3.8, 4) is 33.6 Å². The highest BCUT2D eigenvalue weighted by Crippen LogP contribution is 2.34. The van der Waals surface area contributed by atoms with Gasteiger partial charge in [-0.3, -0.25) is 24.8 Å². The molecule has 0 fully saturated rings. The average Bonchev–Trinajstić information content (AvgIpc) is 3.53. The fourth-order valence-electron chi connectivity index (χ4n) is 4.25. The Morgan fingerprint density at radius 3 is 2.60 bits per heavy atom. The number of aromatic amines is 2. The minimum atomic E-state index is -0.0459. The van der Waals surface area contributed by atoms with Crippen LogP contribution in [0.2, 0.25) is 0 Å². The highest BCUT2D eigenvalue weighted by atomic mass is 16.1. The molecule has 0 aliphatic carbocycles. The van der Waals surface area contributed by atoms with Crippen molar-refractivity contribution in [3.63, 3.8) is 0 Å². The summed E-state index contributed by atoms with van der Waals surface area (Å²) in [6.07, 6.45) is 11.1. The Hall–Kier alpha value is -4.85. The summed E-state index contributed by atoms with van der Waals surface area (Å²) in [5, 5.41) is 12.6. The quantitative estimate of drug-likeness (QED) is 0.312. The molecule has 6 rings (SSSR count). The number of nitrogens with one attached hydrogen (secondary N) is 3. The molecule has 0 unspecified atom stereocenters. The molecule has 35 heavy (non-hydrogen) atoms. The van der Waals surface area contributed by atoms with Crippen molar-refractivity contribution in [2.24, 2.45) is 0 Å². The summed E-state index contributed by atoms with van der Waals surface area (Å²) in [7, 11) is 0. The third kappa shape index (κ3) is 3.80. The summed E-state index contributed by atoms with van der Waals surface area (Å²) in [5.74, 6) is -0.0459. The van der Waals surface area contributed by atoms with E-state index in [2.05, 4.69) is 47.6 Å². The van der Waals surface area contributed by atoms with E-state index in [1.54, 1.807) is 18.6 Å². The van der Waals surface area contributed by atoms with Crippen LogP contribution in [0, 0.1) is 0 Å². The van der Waals surface area contributed by atoms with Crippen molar-refractivity contribution in [3.05, 3.63) is 79.6 Å². The van der Waals surface area contributed by atoms with Gasteiger partial charge in [-0.25, -0.2) is 0 Å².